The van der Waals surface area contributed by atoms with Crippen LogP contribution in [0.3, 0.4) is 0 Å². The Morgan fingerprint density at radius 1 is 1.62 bits per heavy atom. The summed E-state index contributed by atoms with van der Waals surface area (Å²) in [7, 11) is 1.79. The summed E-state index contributed by atoms with van der Waals surface area (Å²) in [5, 5.41) is 3.86. The Balaban J connectivity index is 2.34. The van der Waals surface area contributed by atoms with Crippen molar-refractivity contribution in [1.29, 1.82) is 0 Å². The van der Waals surface area contributed by atoms with Crippen molar-refractivity contribution in [3.63, 3.8) is 0 Å². The molecule has 0 atom stereocenters. The van der Waals surface area contributed by atoms with Gasteiger partial charge in [-0.1, -0.05) is 12.1 Å². The van der Waals surface area contributed by atoms with Crippen LogP contribution in [0.1, 0.15) is 24.8 Å². The van der Waals surface area contributed by atoms with E-state index in [9.17, 15) is 4.79 Å². The maximum absolute atomic E-state index is 11.7. The summed E-state index contributed by atoms with van der Waals surface area (Å²) in [6.07, 6.45) is 0.589. The molecule has 0 saturated heterocycles. The SMILES string of the molecule is CCSCCC(=O)N(C)Cc1cc(C)on1. The fourth-order valence-corrected chi connectivity index (χ4v) is 1.93. The first kappa shape index (κ1) is 13.1. The van der Waals surface area contributed by atoms with Crippen molar-refractivity contribution in [2.75, 3.05) is 18.6 Å². The normalized spacial score (nSPS) is 10.4. The molecule has 0 saturated carbocycles. The van der Waals surface area contributed by atoms with Crippen molar-refractivity contribution in [2.24, 2.45) is 0 Å². The van der Waals surface area contributed by atoms with Crippen LogP contribution in [0, 0.1) is 6.92 Å². The van der Waals surface area contributed by atoms with E-state index in [4.69, 9.17) is 4.52 Å². The van der Waals surface area contributed by atoms with Gasteiger partial charge in [0, 0.05) is 25.3 Å². The van der Waals surface area contributed by atoms with Gasteiger partial charge in [0.25, 0.3) is 0 Å². The average molecular weight is 242 g/mol. The highest BCUT2D eigenvalue weighted by Gasteiger charge is 2.10. The van der Waals surface area contributed by atoms with Crippen LogP contribution in [0.4, 0.5) is 0 Å². The van der Waals surface area contributed by atoms with Crippen molar-refractivity contribution < 1.29 is 9.32 Å². The van der Waals surface area contributed by atoms with E-state index < -0.39 is 0 Å². The van der Waals surface area contributed by atoms with Crippen LogP contribution in [-0.2, 0) is 11.3 Å². The maximum atomic E-state index is 11.7. The van der Waals surface area contributed by atoms with E-state index in [1.54, 1.807) is 23.7 Å². The molecule has 5 heteroatoms. The van der Waals surface area contributed by atoms with Crippen molar-refractivity contribution in [1.82, 2.24) is 10.1 Å². The molecule has 0 aliphatic heterocycles. The number of aryl methyl sites for hydroxylation is 1. The maximum Gasteiger partial charge on any atom is 0.223 e. The van der Waals surface area contributed by atoms with E-state index in [0.29, 0.717) is 13.0 Å². The quantitative estimate of drug-likeness (QED) is 0.717. The molecule has 16 heavy (non-hydrogen) atoms. The fraction of sp³-hybridized carbons (Fsp3) is 0.636. The highest BCUT2D eigenvalue weighted by atomic mass is 32.2. The molecule has 0 aliphatic carbocycles. The molecule has 0 unspecified atom stereocenters. The van der Waals surface area contributed by atoms with Gasteiger partial charge in [-0.3, -0.25) is 4.79 Å². The van der Waals surface area contributed by atoms with Crippen molar-refractivity contribution in [2.45, 2.75) is 26.8 Å². The third-order valence-corrected chi connectivity index (χ3v) is 3.07. The van der Waals surface area contributed by atoms with E-state index in [0.717, 1.165) is 23.0 Å². The lowest BCUT2D eigenvalue weighted by molar-refractivity contribution is -0.130. The predicted molar refractivity (Wildman–Crippen MR) is 65.3 cm³/mol. The standard InChI is InChI=1S/C11H18N2O2S/c1-4-16-6-5-11(14)13(3)8-10-7-9(2)15-12-10/h7H,4-6,8H2,1-3H3. The number of amides is 1. The smallest absolute Gasteiger partial charge is 0.223 e. The predicted octanol–water partition coefficient (Wildman–Crippen LogP) is 2.08. The highest BCUT2D eigenvalue weighted by molar-refractivity contribution is 7.99. The number of nitrogens with zero attached hydrogens (tertiary/aromatic N) is 2. The number of rotatable bonds is 6. The first-order valence-corrected chi connectivity index (χ1v) is 6.53. The molecule has 0 aliphatic rings. The van der Waals surface area contributed by atoms with E-state index in [2.05, 4.69) is 12.1 Å². The number of aromatic nitrogens is 1. The van der Waals surface area contributed by atoms with Gasteiger partial charge in [0.1, 0.15) is 11.5 Å². The lowest BCUT2D eigenvalue weighted by Gasteiger charge is -2.15. The lowest BCUT2D eigenvalue weighted by Crippen LogP contribution is -2.26. The Morgan fingerprint density at radius 3 is 2.94 bits per heavy atom. The Morgan fingerprint density at radius 2 is 2.38 bits per heavy atom. The summed E-state index contributed by atoms with van der Waals surface area (Å²) >= 11 is 1.78. The minimum absolute atomic E-state index is 0.154. The Bertz CT molecular complexity index is 338. The largest absolute Gasteiger partial charge is 0.361 e. The number of carbonyl (C=O) groups is 1. The third kappa shape index (κ3) is 4.26. The molecule has 4 nitrogen and oxygen atoms in total. The summed E-state index contributed by atoms with van der Waals surface area (Å²) < 4.78 is 4.95. The topological polar surface area (TPSA) is 46.3 Å². The van der Waals surface area contributed by atoms with Gasteiger partial charge in [-0.2, -0.15) is 11.8 Å². The molecule has 1 heterocycles. The van der Waals surface area contributed by atoms with Crippen molar-refractivity contribution in [3.8, 4) is 0 Å². The molecule has 1 aromatic heterocycles. The Kier molecular flexibility index (Phi) is 5.38. The van der Waals surface area contributed by atoms with Gasteiger partial charge in [-0.05, 0) is 12.7 Å². The van der Waals surface area contributed by atoms with Gasteiger partial charge in [0.2, 0.25) is 5.91 Å². The minimum Gasteiger partial charge on any atom is -0.361 e. The van der Waals surface area contributed by atoms with Crippen LogP contribution >= 0.6 is 11.8 Å². The van der Waals surface area contributed by atoms with Crippen molar-refractivity contribution in [3.05, 3.63) is 17.5 Å². The molecular formula is C11H18N2O2S. The Hall–Kier alpha value is -0.970. The molecule has 0 N–H and O–H groups in total. The first-order valence-electron chi connectivity index (χ1n) is 5.37. The summed E-state index contributed by atoms with van der Waals surface area (Å²) in [6.45, 7) is 4.46. The number of carbonyl (C=O) groups excluding carboxylic acids is 1. The number of hydrogen-bond acceptors (Lipinski definition) is 4. The Labute approximate surface area is 100 Å². The van der Waals surface area contributed by atoms with Crippen LogP contribution in [-0.4, -0.2) is 34.5 Å². The number of hydrogen-bond donors (Lipinski definition) is 0. The summed E-state index contributed by atoms with van der Waals surface area (Å²) in [5.74, 6) is 2.87. The summed E-state index contributed by atoms with van der Waals surface area (Å²) in [6, 6.07) is 1.85. The van der Waals surface area contributed by atoms with Crippen LogP contribution in [0.2, 0.25) is 0 Å². The van der Waals surface area contributed by atoms with E-state index in [1.165, 1.54) is 0 Å². The van der Waals surface area contributed by atoms with Gasteiger partial charge in [-0.15, -0.1) is 0 Å². The van der Waals surface area contributed by atoms with Crippen molar-refractivity contribution >= 4 is 17.7 Å². The van der Waals surface area contributed by atoms with Gasteiger partial charge < -0.3 is 9.42 Å². The van der Waals surface area contributed by atoms with Gasteiger partial charge in [0.05, 0.1) is 6.54 Å². The molecule has 0 bridgehead atoms. The van der Waals surface area contributed by atoms with Crippen LogP contribution < -0.4 is 0 Å². The molecule has 1 rings (SSSR count). The first-order chi connectivity index (χ1) is 7.63. The van der Waals surface area contributed by atoms with E-state index in [-0.39, 0.29) is 5.91 Å². The molecule has 1 aromatic rings. The van der Waals surface area contributed by atoms with E-state index >= 15 is 0 Å². The second-order valence-corrected chi connectivity index (χ2v) is 5.02. The third-order valence-electron chi connectivity index (χ3n) is 2.17. The van der Waals surface area contributed by atoms with Crippen LogP contribution in [0.5, 0.6) is 0 Å². The van der Waals surface area contributed by atoms with Gasteiger partial charge in [0.15, 0.2) is 0 Å². The molecule has 0 spiro atoms. The second-order valence-electron chi connectivity index (χ2n) is 3.63. The summed E-state index contributed by atoms with van der Waals surface area (Å²) in [5.41, 5.74) is 0.802. The molecule has 90 valence electrons. The van der Waals surface area contributed by atoms with Gasteiger partial charge in [-0.25, -0.2) is 0 Å². The van der Waals surface area contributed by atoms with Gasteiger partial charge >= 0.3 is 0 Å². The molecule has 1 amide bonds. The monoisotopic (exact) mass is 242 g/mol. The lowest BCUT2D eigenvalue weighted by atomic mass is 10.3. The zero-order chi connectivity index (χ0) is 12.0. The summed E-state index contributed by atoms with van der Waals surface area (Å²) in [4.78, 5) is 13.4. The average Bonchev–Trinajstić information content (AvgIpc) is 2.64. The molecular weight excluding hydrogens is 224 g/mol. The molecule has 0 fully saturated rings. The van der Waals surface area contributed by atoms with Crippen LogP contribution in [0.25, 0.3) is 0 Å². The minimum atomic E-state index is 0.154. The fourth-order valence-electron chi connectivity index (χ4n) is 1.32. The highest BCUT2D eigenvalue weighted by Crippen LogP contribution is 2.07. The molecule has 0 aromatic carbocycles. The van der Waals surface area contributed by atoms with E-state index in [1.807, 2.05) is 13.0 Å². The van der Waals surface area contributed by atoms with Crippen LogP contribution in [0.15, 0.2) is 10.6 Å². The zero-order valence-electron chi connectivity index (χ0n) is 10.0. The molecule has 0 radical (unpaired) electrons. The second kappa shape index (κ2) is 6.58. The zero-order valence-corrected chi connectivity index (χ0v) is 10.8. The number of thioether (sulfide) groups is 1.